The molecule has 0 aliphatic carbocycles. The van der Waals surface area contributed by atoms with E-state index in [2.05, 4.69) is 5.32 Å². The zero-order chi connectivity index (χ0) is 16.7. The molecule has 122 valence electrons. The number of nitrogens with one attached hydrogen (secondary N) is 1. The fourth-order valence-corrected chi connectivity index (χ4v) is 1.77. The molecule has 0 aliphatic rings. The second-order valence-electron chi connectivity index (χ2n) is 5.23. The lowest BCUT2D eigenvalue weighted by Gasteiger charge is -2.16. The molecule has 1 unspecified atom stereocenters. The van der Waals surface area contributed by atoms with Gasteiger partial charge in [0, 0.05) is 6.54 Å². The average molecular weight is 309 g/mol. The van der Waals surface area contributed by atoms with E-state index in [1.807, 2.05) is 13.8 Å². The van der Waals surface area contributed by atoms with Gasteiger partial charge in [0.25, 0.3) is 5.91 Å². The molecule has 0 radical (unpaired) electrons. The maximum Gasteiger partial charge on any atom is 0.342 e. The molecule has 1 atom stereocenters. The lowest BCUT2D eigenvalue weighted by molar-refractivity contribution is -0.129. The van der Waals surface area contributed by atoms with Crippen molar-refractivity contribution in [3.05, 3.63) is 23.8 Å². The third-order valence-corrected chi connectivity index (χ3v) is 2.96. The number of hydrogen-bond donors (Lipinski definition) is 1. The lowest BCUT2D eigenvalue weighted by atomic mass is 10.2. The summed E-state index contributed by atoms with van der Waals surface area (Å²) < 4.78 is 15.5. The molecule has 6 nitrogen and oxygen atoms in total. The number of hydrogen-bond acceptors (Lipinski definition) is 5. The predicted octanol–water partition coefficient (Wildman–Crippen LogP) is 2.02. The number of methoxy groups -OCH3 is 2. The average Bonchev–Trinajstić information content (AvgIpc) is 2.51. The predicted molar refractivity (Wildman–Crippen MR) is 82.3 cm³/mol. The van der Waals surface area contributed by atoms with E-state index < -0.39 is 12.1 Å². The molecule has 0 aliphatic heterocycles. The summed E-state index contributed by atoms with van der Waals surface area (Å²) in [5.41, 5.74) is 0.213. The van der Waals surface area contributed by atoms with Crippen molar-refractivity contribution >= 4 is 11.9 Å². The van der Waals surface area contributed by atoms with Crippen LogP contribution in [0.1, 0.15) is 31.1 Å². The van der Waals surface area contributed by atoms with Crippen molar-refractivity contribution in [3.63, 3.8) is 0 Å². The highest BCUT2D eigenvalue weighted by Crippen LogP contribution is 2.31. The van der Waals surface area contributed by atoms with Gasteiger partial charge in [-0.1, -0.05) is 19.9 Å². The Morgan fingerprint density at radius 3 is 2.36 bits per heavy atom. The van der Waals surface area contributed by atoms with Crippen molar-refractivity contribution in [2.75, 3.05) is 20.8 Å². The van der Waals surface area contributed by atoms with Gasteiger partial charge in [0.1, 0.15) is 5.56 Å². The SMILES string of the molecule is COc1cccc(C(=O)OC(C)C(=O)NCC(C)C)c1OC. The third kappa shape index (κ3) is 4.65. The van der Waals surface area contributed by atoms with E-state index in [0.717, 1.165) is 0 Å². The first-order valence-electron chi connectivity index (χ1n) is 7.10. The van der Waals surface area contributed by atoms with Crippen LogP contribution in [-0.4, -0.2) is 38.7 Å². The second kappa shape index (κ2) is 8.26. The van der Waals surface area contributed by atoms with Gasteiger partial charge < -0.3 is 19.5 Å². The normalized spacial score (nSPS) is 11.7. The van der Waals surface area contributed by atoms with Gasteiger partial charge in [0.2, 0.25) is 0 Å². The van der Waals surface area contributed by atoms with Crippen LogP contribution in [0.3, 0.4) is 0 Å². The largest absolute Gasteiger partial charge is 0.493 e. The molecule has 1 N–H and O–H groups in total. The number of carbonyl (C=O) groups excluding carboxylic acids is 2. The number of amides is 1. The van der Waals surface area contributed by atoms with Gasteiger partial charge in [-0.05, 0) is 25.0 Å². The number of esters is 1. The topological polar surface area (TPSA) is 73.9 Å². The molecule has 1 aromatic rings. The van der Waals surface area contributed by atoms with Gasteiger partial charge in [-0.25, -0.2) is 4.79 Å². The minimum absolute atomic E-state index is 0.213. The summed E-state index contributed by atoms with van der Waals surface area (Å²) in [6.45, 7) is 6.03. The van der Waals surface area contributed by atoms with Gasteiger partial charge in [0.15, 0.2) is 17.6 Å². The first-order chi connectivity index (χ1) is 10.4. The van der Waals surface area contributed by atoms with E-state index in [1.165, 1.54) is 21.1 Å². The number of rotatable bonds is 7. The van der Waals surface area contributed by atoms with Gasteiger partial charge in [-0.15, -0.1) is 0 Å². The molecule has 0 aromatic heterocycles. The van der Waals surface area contributed by atoms with E-state index in [-0.39, 0.29) is 17.2 Å². The van der Waals surface area contributed by atoms with Crippen LogP contribution in [0, 0.1) is 5.92 Å². The quantitative estimate of drug-likeness (QED) is 0.780. The zero-order valence-corrected chi connectivity index (χ0v) is 13.6. The molecule has 0 spiro atoms. The Morgan fingerprint density at radius 2 is 1.82 bits per heavy atom. The number of benzene rings is 1. The first kappa shape index (κ1) is 17.8. The molecular weight excluding hydrogens is 286 g/mol. The minimum atomic E-state index is -0.887. The molecule has 1 amide bonds. The highest BCUT2D eigenvalue weighted by molar-refractivity contribution is 5.95. The molecule has 0 saturated heterocycles. The molecule has 1 aromatic carbocycles. The summed E-state index contributed by atoms with van der Waals surface area (Å²) in [5, 5.41) is 2.72. The highest BCUT2D eigenvalue weighted by atomic mass is 16.6. The number of carbonyl (C=O) groups is 2. The summed E-state index contributed by atoms with van der Waals surface area (Å²) in [4.78, 5) is 24.1. The summed E-state index contributed by atoms with van der Waals surface area (Å²) in [7, 11) is 2.92. The maximum absolute atomic E-state index is 12.2. The Balaban J connectivity index is 2.79. The van der Waals surface area contributed by atoms with E-state index in [4.69, 9.17) is 14.2 Å². The van der Waals surface area contributed by atoms with Crippen LogP contribution < -0.4 is 14.8 Å². The van der Waals surface area contributed by atoms with E-state index >= 15 is 0 Å². The molecule has 0 fully saturated rings. The van der Waals surface area contributed by atoms with Gasteiger partial charge in [-0.3, -0.25) is 4.79 Å². The summed E-state index contributed by atoms with van der Waals surface area (Å²) in [6.07, 6.45) is -0.887. The summed E-state index contributed by atoms with van der Waals surface area (Å²) in [6, 6.07) is 4.89. The van der Waals surface area contributed by atoms with Crippen molar-refractivity contribution in [2.45, 2.75) is 26.9 Å². The first-order valence-corrected chi connectivity index (χ1v) is 7.10. The molecule has 1 rings (SSSR count). The number of para-hydroxylation sites is 1. The van der Waals surface area contributed by atoms with Crippen molar-refractivity contribution in [1.29, 1.82) is 0 Å². The Kier molecular flexibility index (Phi) is 6.69. The highest BCUT2D eigenvalue weighted by Gasteiger charge is 2.23. The fourth-order valence-electron chi connectivity index (χ4n) is 1.77. The standard InChI is InChI=1S/C16H23NO5/c1-10(2)9-17-15(18)11(3)22-16(19)12-7-6-8-13(20-4)14(12)21-5/h6-8,10-11H,9H2,1-5H3,(H,17,18). The van der Waals surface area contributed by atoms with Crippen LogP contribution in [0.5, 0.6) is 11.5 Å². The molecule has 22 heavy (non-hydrogen) atoms. The Hall–Kier alpha value is -2.24. The lowest BCUT2D eigenvalue weighted by Crippen LogP contribution is -2.37. The Bertz CT molecular complexity index is 527. The molecule has 6 heteroatoms. The number of ether oxygens (including phenoxy) is 3. The van der Waals surface area contributed by atoms with Crippen molar-refractivity contribution in [2.24, 2.45) is 5.92 Å². The molecule has 0 heterocycles. The summed E-state index contributed by atoms with van der Waals surface area (Å²) in [5.74, 6) is 0.0656. The van der Waals surface area contributed by atoms with Crippen LogP contribution in [0.2, 0.25) is 0 Å². The van der Waals surface area contributed by atoms with Gasteiger partial charge >= 0.3 is 5.97 Å². The van der Waals surface area contributed by atoms with Crippen LogP contribution in [0.25, 0.3) is 0 Å². The smallest absolute Gasteiger partial charge is 0.342 e. The van der Waals surface area contributed by atoms with Crippen molar-refractivity contribution < 1.29 is 23.8 Å². The second-order valence-corrected chi connectivity index (χ2v) is 5.23. The van der Waals surface area contributed by atoms with Crippen LogP contribution in [0.4, 0.5) is 0 Å². The van der Waals surface area contributed by atoms with E-state index in [9.17, 15) is 9.59 Å². The van der Waals surface area contributed by atoms with Crippen LogP contribution in [-0.2, 0) is 9.53 Å². The van der Waals surface area contributed by atoms with Gasteiger partial charge in [0.05, 0.1) is 14.2 Å². The minimum Gasteiger partial charge on any atom is -0.493 e. The van der Waals surface area contributed by atoms with Gasteiger partial charge in [-0.2, -0.15) is 0 Å². The maximum atomic E-state index is 12.2. The third-order valence-electron chi connectivity index (χ3n) is 2.96. The van der Waals surface area contributed by atoms with Crippen LogP contribution in [0.15, 0.2) is 18.2 Å². The monoisotopic (exact) mass is 309 g/mol. The van der Waals surface area contributed by atoms with Crippen molar-refractivity contribution in [3.8, 4) is 11.5 Å². The summed E-state index contributed by atoms with van der Waals surface area (Å²) >= 11 is 0. The van der Waals surface area contributed by atoms with Crippen molar-refractivity contribution in [1.82, 2.24) is 5.32 Å². The van der Waals surface area contributed by atoms with E-state index in [1.54, 1.807) is 18.2 Å². The molecule has 0 bridgehead atoms. The molecule has 0 saturated carbocycles. The Morgan fingerprint density at radius 1 is 1.14 bits per heavy atom. The van der Waals surface area contributed by atoms with E-state index in [0.29, 0.717) is 18.2 Å². The zero-order valence-electron chi connectivity index (χ0n) is 13.6. The molecular formula is C16H23NO5. The Labute approximate surface area is 130 Å². The van der Waals surface area contributed by atoms with Crippen LogP contribution >= 0.6 is 0 Å². The fraction of sp³-hybridized carbons (Fsp3) is 0.500.